The molecule has 4 aromatic rings. The molecule has 0 spiro atoms. The highest BCUT2D eigenvalue weighted by Crippen LogP contribution is 2.47. The maximum Gasteiger partial charge on any atom is 0.228 e. The summed E-state index contributed by atoms with van der Waals surface area (Å²) >= 11 is 6.14. The van der Waals surface area contributed by atoms with E-state index in [9.17, 15) is 5.11 Å². The normalized spacial score (nSPS) is 14.9. The van der Waals surface area contributed by atoms with Gasteiger partial charge in [0.2, 0.25) is 5.88 Å². The number of aliphatic hydroxyl groups is 1. The Morgan fingerprint density at radius 2 is 1.83 bits per heavy atom. The van der Waals surface area contributed by atoms with Crippen molar-refractivity contribution in [3.8, 4) is 11.6 Å². The summed E-state index contributed by atoms with van der Waals surface area (Å²) in [5.41, 5.74) is 2.98. The molecule has 0 aliphatic carbocycles. The van der Waals surface area contributed by atoms with E-state index in [0.717, 1.165) is 27.6 Å². The predicted octanol–water partition coefficient (Wildman–Crippen LogP) is 4.45. The van der Waals surface area contributed by atoms with Crippen molar-refractivity contribution in [2.24, 2.45) is 0 Å². The topological polar surface area (TPSA) is 71.1 Å². The summed E-state index contributed by atoms with van der Waals surface area (Å²) in [6.45, 7) is 0.234. The van der Waals surface area contributed by atoms with E-state index in [1.807, 2.05) is 48.5 Å². The average Bonchev–Trinajstić information content (AvgIpc) is 2.75. The van der Waals surface area contributed by atoms with Crippen LogP contribution in [0, 0.1) is 5.41 Å². The Labute approximate surface area is 172 Å². The van der Waals surface area contributed by atoms with Gasteiger partial charge in [-0.15, -0.1) is 0 Å². The van der Waals surface area contributed by atoms with Gasteiger partial charge < -0.3 is 14.4 Å². The first-order valence-electron chi connectivity index (χ1n) is 9.37. The number of hydrogen-bond acceptors (Lipinski definition) is 4. The lowest BCUT2D eigenvalue weighted by molar-refractivity contribution is 0.271. The Balaban J connectivity index is 1.85. The second kappa shape index (κ2) is 7.03. The zero-order valence-electron chi connectivity index (χ0n) is 15.5. The summed E-state index contributed by atoms with van der Waals surface area (Å²) in [6, 6.07) is 19.8. The van der Waals surface area contributed by atoms with Crippen LogP contribution in [0.2, 0.25) is 5.02 Å². The Bertz CT molecular complexity index is 1280. The monoisotopic (exact) mass is 403 g/mol. The highest BCUT2D eigenvalue weighted by molar-refractivity contribution is 6.30. The molecule has 3 aromatic carbocycles. The molecular weight excluding hydrogens is 386 g/mol. The highest BCUT2D eigenvalue weighted by Gasteiger charge is 2.33. The van der Waals surface area contributed by atoms with Gasteiger partial charge in [0, 0.05) is 23.0 Å². The minimum atomic E-state index is -0.233. The molecule has 5 rings (SSSR count). The van der Waals surface area contributed by atoms with Crippen molar-refractivity contribution in [3.05, 3.63) is 94.2 Å². The zero-order valence-corrected chi connectivity index (χ0v) is 16.2. The Morgan fingerprint density at radius 3 is 2.62 bits per heavy atom. The summed E-state index contributed by atoms with van der Waals surface area (Å²) in [7, 11) is 0. The highest BCUT2D eigenvalue weighted by atomic mass is 35.5. The van der Waals surface area contributed by atoms with Crippen molar-refractivity contribution in [2.45, 2.75) is 12.5 Å². The van der Waals surface area contributed by atoms with Gasteiger partial charge in [0.1, 0.15) is 17.6 Å². The van der Waals surface area contributed by atoms with Crippen LogP contribution in [0.15, 0.2) is 67.0 Å². The van der Waals surface area contributed by atoms with E-state index in [-0.39, 0.29) is 18.0 Å². The maximum atomic E-state index is 9.38. The van der Waals surface area contributed by atoms with Gasteiger partial charge in [-0.05, 0) is 34.5 Å². The van der Waals surface area contributed by atoms with Crippen molar-refractivity contribution in [3.63, 3.8) is 0 Å². The van der Waals surface area contributed by atoms with Crippen LogP contribution < -0.4 is 10.2 Å². The number of halogens is 1. The number of nitrogens with one attached hydrogen (secondary N) is 1. The molecular formula is C23H18ClN3O2. The largest absolute Gasteiger partial charge is 0.438 e. The lowest BCUT2D eigenvalue weighted by Gasteiger charge is -2.29. The minimum Gasteiger partial charge on any atom is -0.438 e. The quantitative estimate of drug-likeness (QED) is 0.467. The smallest absolute Gasteiger partial charge is 0.228 e. The van der Waals surface area contributed by atoms with E-state index in [4.69, 9.17) is 21.7 Å². The van der Waals surface area contributed by atoms with Gasteiger partial charge in [0.05, 0.1) is 12.2 Å². The number of nitrogens with zero attached hydrogens (tertiary/aromatic N) is 2. The molecule has 0 bridgehead atoms. The molecule has 0 fully saturated rings. The Hall–Kier alpha value is -3.15. The molecule has 0 saturated carbocycles. The summed E-state index contributed by atoms with van der Waals surface area (Å²) in [5.74, 6) is 0.929. The Kier molecular flexibility index (Phi) is 4.34. The van der Waals surface area contributed by atoms with Crippen molar-refractivity contribution in [1.82, 2.24) is 9.55 Å². The molecule has 0 saturated heterocycles. The molecule has 0 amide bonds. The lowest BCUT2D eigenvalue weighted by Crippen LogP contribution is -2.30. The van der Waals surface area contributed by atoms with Gasteiger partial charge in [0.25, 0.3) is 0 Å². The number of aromatic nitrogens is 2. The minimum absolute atomic E-state index is 0.0665. The fourth-order valence-corrected chi connectivity index (χ4v) is 4.15. The SMILES string of the molecule is N=c1c2c(ncn1CCO)Oc1ccc3ccccc3c1C2c1ccc(Cl)cc1. The van der Waals surface area contributed by atoms with Crippen molar-refractivity contribution >= 4 is 22.4 Å². The van der Waals surface area contributed by atoms with Crippen LogP contribution in [0.1, 0.15) is 22.6 Å². The van der Waals surface area contributed by atoms with E-state index in [0.29, 0.717) is 23.0 Å². The van der Waals surface area contributed by atoms with Gasteiger partial charge in [-0.1, -0.05) is 54.1 Å². The van der Waals surface area contributed by atoms with E-state index in [1.54, 1.807) is 10.9 Å². The zero-order chi connectivity index (χ0) is 20.0. The third-order valence-corrected chi connectivity index (χ3v) is 5.60. The van der Waals surface area contributed by atoms with E-state index >= 15 is 0 Å². The second-order valence-electron chi connectivity index (χ2n) is 7.01. The fourth-order valence-electron chi connectivity index (χ4n) is 4.02. The molecule has 5 nitrogen and oxygen atoms in total. The molecule has 29 heavy (non-hydrogen) atoms. The first-order valence-corrected chi connectivity index (χ1v) is 9.75. The number of hydrogen-bond donors (Lipinski definition) is 2. The summed E-state index contributed by atoms with van der Waals surface area (Å²) < 4.78 is 7.78. The summed E-state index contributed by atoms with van der Waals surface area (Å²) in [4.78, 5) is 4.45. The van der Waals surface area contributed by atoms with Crippen LogP contribution in [0.3, 0.4) is 0 Å². The van der Waals surface area contributed by atoms with Crippen LogP contribution in [0.5, 0.6) is 11.6 Å². The van der Waals surface area contributed by atoms with Crippen molar-refractivity contribution in [1.29, 1.82) is 5.41 Å². The molecule has 1 aromatic heterocycles. The third kappa shape index (κ3) is 2.90. The van der Waals surface area contributed by atoms with E-state index in [2.05, 4.69) is 17.1 Å². The van der Waals surface area contributed by atoms with Crippen molar-refractivity contribution in [2.75, 3.05) is 6.61 Å². The van der Waals surface area contributed by atoms with Crippen molar-refractivity contribution < 1.29 is 9.84 Å². The molecule has 2 heterocycles. The summed E-state index contributed by atoms with van der Waals surface area (Å²) in [6.07, 6.45) is 1.54. The molecule has 1 aliphatic heterocycles. The first kappa shape index (κ1) is 17.9. The number of rotatable bonds is 3. The summed E-state index contributed by atoms with van der Waals surface area (Å²) in [5, 5.41) is 21.0. The molecule has 0 radical (unpaired) electrons. The third-order valence-electron chi connectivity index (χ3n) is 5.35. The second-order valence-corrected chi connectivity index (χ2v) is 7.45. The number of benzene rings is 3. The van der Waals surface area contributed by atoms with Gasteiger partial charge in [-0.25, -0.2) is 4.98 Å². The molecule has 1 aliphatic rings. The van der Waals surface area contributed by atoms with E-state index < -0.39 is 0 Å². The molecule has 6 heteroatoms. The first-order chi connectivity index (χ1) is 14.2. The maximum absolute atomic E-state index is 9.38. The van der Waals surface area contributed by atoms with E-state index in [1.165, 1.54) is 0 Å². The van der Waals surface area contributed by atoms with Gasteiger partial charge in [-0.2, -0.15) is 0 Å². The van der Waals surface area contributed by atoms with Gasteiger partial charge in [0.15, 0.2) is 0 Å². The van der Waals surface area contributed by atoms with Crippen LogP contribution in [0.25, 0.3) is 10.8 Å². The standard InChI is InChI=1S/C23H18ClN3O2/c24-16-8-5-15(6-9-16)19-20-17-4-2-1-3-14(17)7-10-18(20)29-23-21(19)22(25)27(11-12-28)13-26-23/h1-10,13,19,25,28H,11-12H2. The Morgan fingerprint density at radius 1 is 1.03 bits per heavy atom. The van der Waals surface area contributed by atoms with Crippen LogP contribution in [-0.4, -0.2) is 21.3 Å². The molecule has 1 unspecified atom stereocenters. The number of aliphatic hydroxyl groups excluding tert-OH is 1. The van der Waals surface area contributed by atoms with Gasteiger partial charge in [-0.3, -0.25) is 5.41 Å². The number of fused-ring (bicyclic) bond motifs is 4. The molecule has 1 atom stereocenters. The molecule has 144 valence electrons. The predicted molar refractivity (Wildman–Crippen MR) is 112 cm³/mol. The van der Waals surface area contributed by atoms with Crippen LogP contribution in [0.4, 0.5) is 0 Å². The lowest BCUT2D eigenvalue weighted by atomic mass is 9.81. The van der Waals surface area contributed by atoms with Crippen LogP contribution >= 0.6 is 11.6 Å². The average molecular weight is 404 g/mol. The van der Waals surface area contributed by atoms with Crippen LogP contribution in [-0.2, 0) is 6.54 Å². The number of ether oxygens (including phenoxy) is 1. The molecule has 2 N–H and O–H groups in total. The van der Waals surface area contributed by atoms with Gasteiger partial charge >= 0.3 is 0 Å². The fraction of sp³-hybridized carbons (Fsp3) is 0.130.